The van der Waals surface area contributed by atoms with Gasteiger partial charge < -0.3 is 20.1 Å². The minimum absolute atomic E-state index is 0.00627. The van der Waals surface area contributed by atoms with E-state index in [9.17, 15) is 18.7 Å². The zero-order chi connectivity index (χ0) is 23.0. The van der Waals surface area contributed by atoms with Crippen LogP contribution >= 0.6 is 0 Å². The first-order chi connectivity index (χ1) is 15.2. The molecule has 4 rings (SSSR count). The fourth-order valence-corrected chi connectivity index (χ4v) is 4.12. The van der Waals surface area contributed by atoms with E-state index in [2.05, 4.69) is 20.3 Å². The lowest BCUT2D eigenvalue weighted by atomic mass is 9.87. The van der Waals surface area contributed by atoms with Crippen LogP contribution in [0.2, 0.25) is 0 Å². The minimum Gasteiger partial charge on any atom is -0.385 e. The first kappa shape index (κ1) is 22.3. The zero-order valence-corrected chi connectivity index (χ0v) is 18.2. The number of aromatic nitrogens is 3. The molecule has 0 aliphatic carbocycles. The first-order valence-electron chi connectivity index (χ1n) is 10.6. The first-order valence-corrected chi connectivity index (χ1v) is 10.6. The average molecular weight is 444 g/mol. The summed E-state index contributed by atoms with van der Waals surface area (Å²) in [6.45, 7) is 5.42. The van der Waals surface area contributed by atoms with E-state index < -0.39 is 29.2 Å². The van der Waals surface area contributed by atoms with Crippen LogP contribution < -0.4 is 10.9 Å². The number of aromatic amines is 1. The number of halogens is 2. The van der Waals surface area contributed by atoms with Crippen molar-refractivity contribution in [3.8, 4) is 0 Å². The van der Waals surface area contributed by atoms with Crippen molar-refractivity contribution in [3.05, 3.63) is 63.0 Å². The molecular formula is C23H26F2N4O3. The Balaban J connectivity index is 1.78. The van der Waals surface area contributed by atoms with E-state index in [-0.39, 0.29) is 11.1 Å². The van der Waals surface area contributed by atoms with Crippen LogP contribution in [0.4, 0.5) is 14.6 Å². The second kappa shape index (κ2) is 8.55. The van der Waals surface area contributed by atoms with E-state index in [4.69, 9.17) is 4.74 Å². The molecule has 2 atom stereocenters. The zero-order valence-electron chi connectivity index (χ0n) is 18.2. The van der Waals surface area contributed by atoms with Gasteiger partial charge in [0.25, 0.3) is 5.56 Å². The van der Waals surface area contributed by atoms with E-state index in [1.54, 1.807) is 32.0 Å². The van der Waals surface area contributed by atoms with Gasteiger partial charge in [0.05, 0.1) is 17.0 Å². The number of fused-ring (bicyclic) bond motifs is 1. The molecule has 0 spiro atoms. The van der Waals surface area contributed by atoms with Crippen LogP contribution in [0, 0.1) is 12.7 Å². The molecule has 7 nitrogen and oxygen atoms in total. The van der Waals surface area contributed by atoms with Gasteiger partial charge in [0, 0.05) is 42.7 Å². The molecule has 0 amide bonds. The fourth-order valence-electron chi connectivity index (χ4n) is 4.12. The molecule has 3 heterocycles. The Kier molecular flexibility index (Phi) is 5.96. The van der Waals surface area contributed by atoms with Crippen molar-refractivity contribution in [2.75, 3.05) is 18.5 Å². The summed E-state index contributed by atoms with van der Waals surface area (Å²) in [6, 6.07) is 5.67. The second-order valence-electron chi connectivity index (χ2n) is 8.27. The molecule has 170 valence electrons. The summed E-state index contributed by atoms with van der Waals surface area (Å²) in [4.78, 5) is 24.2. The Hall–Kier alpha value is -2.91. The number of aryl methyl sites for hydroxylation is 1. The molecule has 1 saturated heterocycles. The van der Waals surface area contributed by atoms with Crippen LogP contribution in [-0.2, 0) is 10.3 Å². The predicted octanol–water partition coefficient (Wildman–Crippen LogP) is 3.97. The van der Waals surface area contributed by atoms with Gasteiger partial charge in [0.1, 0.15) is 29.3 Å². The van der Waals surface area contributed by atoms with Gasteiger partial charge >= 0.3 is 0 Å². The van der Waals surface area contributed by atoms with Crippen molar-refractivity contribution in [2.24, 2.45) is 0 Å². The molecule has 1 unspecified atom stereocenters. The lowest BCUT2D eigenvalue weighted by Crippen LogP contribution is -2.38. The van der Waals surface area contributed by atoms with Gasteiger partial charge in [-0.15, -0.1) is 0 Å². The summed E-state index contributed by atoms with van der Waals surface area (Å²) < 4.78 is 34.0. The third-order valence-corrected chi connectivity index (χ3v) is 5.95. The van der Waals surface area contributed by atoms with Crippen LogP contribution in [0.5, 0.6) is 0 Å². The fraction of sp³-hybridized carbons (Fsp3) is 0.435. The maximum atomic E-state index is 14.9. The van der Waals surface area contributed by atoms with Crippen LogP contribution in [0.3, 0.4) is 0 Å². The van der Waals surface area contributed by atoms with Gasteiger partial charge in [-0.2, -0.15) is 0 Å². The van der Waals surface area contributed by atoms with E-state index in [0.29, 0.717) is 54.3 Å². The van der Waals surface area contributed by atoms with E-state index >= 15 is 0 Å². The summed E-state index contributed by atoms with van der Waals surface area (Å²) in [5.41, 5.74) is -0.919. The third kappa shape index (κ3) is 4.10. The highest BCUT2D eigenvalue weighted by molar-refractivity contribution is 5.87. The number of benzene rings is 1. The quantitative estimate of drug-likeness (QED) is 0.551. The summed E-state index contributed by atoms with van der Waals surface area (Å²) in [5, 5.41) is 14.7. The van der Waals surface area contributed by atoms with Crippen molar-refractivity contribution < 1.29 is 18.6 Å². The van der Waals surface area contributed by atoms with Gasteiger partial charge in [-0.3, -0.25) is 4.79 Å². The second-order valence-corrected chi connectivity index (χ2v) is 8.27. The molecule has 1 aliphatic rings. The third-order valence-electron chi connectivity index (χ3n) is 5.95. The van der Waals surface area contributed by atoms with Crippen molar-refractivity contribution in [3.63, 3.8) is 0 Å². The molecule has 0 bridgehead atoms. The highest BCUT2D eigenvalue weighted by Gasteiger charge is 2.35. The number of ether oxygens (including phenoxy) is 1. The SMILES string of the molecule is Cc1nc(N[C@H](C)c2cccc(C(C)F)c2F)c2cc(C3(O)CCOCC3)c(=O)[nH]c2n1. The number of nitrogens with zero attached hydrogens (tertiary/aromatic N) is 2. The van der Waals surface area contributed by atoms with Gasteiger partial charge in [0.2, 0.25) is 0 Å². The monoisotopic (exact) mass is 444 g/mol. The molecule has 3 aromatic rings. The number of aliphatic hydroxyl groups is 1. The minimum atomic E-state index is -1.43. The molecule has 3 N–H and O–H groups in total. The maximum absolute atomic E-state index is 14.9. The molecule has 1 fully saturated rings. The maximum Gasteiger partial charge on any atom is 0.255 e. The Bertz CT molecular complexity index is 1210. The van der Waals surface area contributed by atoms with E-state index in [1.165, 1.54) is 13.0 Å². The number of nitrogens with one attached hydrogen (secondary N) is 2. The van der Waals surface area contributed by atoms with Gasteiger partial charge in [0.15, 0.2) is 0 Å². The predicted molar refractivity (Wildman–Crippen MR) is 117 cm³/mol. The summed E-state index contributed by atoms with van der Waals surface area (Å²) in [6.07, 6.45) is -0.836. The number of rotatable bonds is 5. The van der Waals surface area contributed by atoms with Crippen molar-refractivity contribution >= 4 is 16.9 Å². The van der Waals surface area contributed by atoms with Gasteiger partial charge in [-0.25, -0.2) is 18.7 Å². The van der Waals surface area contributed by atoms with Crippen molar-refractivity contribution in [1.29, 1.82) is 0 Å². The topological polar surface area (TPSA) is 100 Å². The van der Waals surface area contributed by atoms with Crippen LogP contribution in [0.15, 0.2) is 29.1 Å². The summed E-state index contributed by atoms with van der Waals surface area (Å²) in [7, 11) is 0. The Morgan fingerprint density at radius 2 is 1.91 bits per heavy atom. The lowest BCUT2D eigenvalue weighted by molar-refractivity contribution is -0.0686. The number of anilines is 1. The lowest BCUT2D eigenvalue weighted by Gasteiger charge is -2.31. The Labute approximate surface area is 183 Å². The molecule has 0 saturated carbocycles. The number of hydrogen-bond acceptors (Lipinski definition) is 6. The average Bonchev–Trinajstić information content (AvgIpc) is 2.73. The highest BCUT2D eigenvalue weighted by Crippen LogP contribution is 2.33. The molecule has 2 aromatic heterocycles. The van der Waals surface area contributed by atoms with Gasteiger partial charge in [-0.1, -0.05) is 18.2 Å². The van der Waals surface area contributed by atoms with E-state index in [1.807, 2.05) is 0 Å². The van der Waals surface area contributed by atoms with Crippen LogP contribution in [0.1, 0.15) is 61.4 Å². The van der Waals surface area contributed by atoms with E-state index in [0.717, 1.165) is 0 Å². The molecule has 9 heteroatoms. The molecule has 0 radical (unpaired) electrons. The van der Waals surface area contributed by atoms with Crippen molar-refractivity contribution in [1.82, 2.24) is 15.0 Å². The van der Waals surface area contributed by atoms with Crippen molar-refractivity contribution in [2.45, 2.75) is 51.4 Å². The summed E-state index contributed by atoms with van der Waals surface area (Å²) in [5.74, 6) is 0.182. The highest BCUT2D eigenvalue weighted by atomic mass is 19.1. The Morgan fingerprint density at radius 3 is 2.59 bits per heavy atom. The van der Waals surface area contributed by atoms with Crippen LogP contribution in [0.25, 0.3) is 11.0 Å². The smallest absolute Gasteiger partial charge is 0.255 e. The number of hydrogen-bond donors (Lipinski definition) is 3. The standard InChI is InChI=1S/C23H26F2N4O3/c1-12(24)15-5-4-6-16(19(15)25)13(2)26-20-17-11-18(23(31)7-9-32-10-8-23)22(30)29-21(17)28-14(3)27-20/h4-6,11-13,31H,7-10H2,1-3H3,(H2,26,27,28,29,30)/t12?,13-/m1/s1. The molecule has 1 aromatic carbocycles. The van der Waals surface area contributed by atoms with Gasteiger partial charge in [-0.05, 0) is 26.8 Å². The Morgan fingerprint density at radius 1 is 1.22 bits per heavy atom. The normalized spacial score (nSPS) is 17.8. The summed E-state index contributed by atoms with van der Waals surface area (Å²) >= 11 is 0. The number of pyridine rings is 1. The molecule has 1 aliphatic heterocycles. The largest absolute Gasteiger partial charge is 0.385 e. The molecular weight excluding hydrogens is 418 g/mol. The number of H-pyrrole nitrogens is 1. The van der Waals surface area contributed by atoms with Crippen LogP contribution in [-0.4, -0.2) is 33.3 Å². The number of alkyl halides is 1. The molecule has 32 heavy (non-hydrogen) atoms.